The Hall–Kier alpha value is -1.24. The first-order valence-electron chi connectivity index (χ1n) is 7.45. The van der Waals surface area contributed by atoms with E-state index in [9.17, 15) is 4.79 Å². The molecule has 2 aromatic rings. The number of nitrogens with zero attached hydrogens (tertiary/aromatic N) is 2. The summed E-state index contributed by atoms with van der Waals surface area (Å²) in [6, 6.07) is 0.323. The molecule has 2 aromatic heterocycles. The minimum absolute atomic E-state index is 0.0599. The van der Waals surface area contributed by atoms with Crippen LogP contribution in [0.1, 0.15) is 25.3 Å². The molecule has 0 aromatic carbocycles. The Morgan fingerprint density at radius 1 is 1.62 bits per heavy atom. The van der Waals surface area contributed by atoms with Crippen molar-refractivity contribution in [1.82, 2.24) is 14.9 Å². The first kappa shape index (κ1) is 14.7. The molecular formula is C15H21N3O2S. The van der Waals surface area contributed by atoms with Gasteiger partial charge in [-0.1, -0.05) is 0 Å². The minimum Gasteiger partial charge on any atom is -0.377 e. The monoisotopic (exact) mass is 307 g/mol. The number of hydrogen-bond acceptors (Lipinski definition) is 5. The molecule has 3 rings (SSSR count). The summed E-state index contributed by atoms with van der Waals surface area (Å²) in [6.07, 6.45) is 4.23. The van der Waals surface area contributed by atoms with Crippen molar-refractivity contribution in [3.8, 4) is 0 Å². The number of aryl methyl sites for hydroxylation is 1. The number of aromatic nitrogens is 2. The first-order valence-corrected chi connectivity index (χ1v) is 8.33. The molecule has 0 spiro atoms. The highest BCUT2D eigenvalue weighted by Crippen LogP contribution is 2.19. The van der Waals surface area contributed by atoms with Crippen LogP contribution in [0, 0.1) is 6.92 Å². The van der Waals surface area contributed by atoms with E-state index in [2.05, 4.69) is 17.2 Å². The van der Waals surface area contributed by atoms with Gasteiger partial charge >= 0.3 is 0 Å². The quantitative estimate of drug-likeness (QED) is 0.917. The molecule has 0 amide bonds. The lowest BCUT2D eigenvalue weighted by molar-refractivity contribution is 0.0835. The molecular weight excluding hydrogens is 286 g/mol. The van der Waals surface area contributed by atoms with Crippen molar-refractivity contribution in [2.75, 3.05) is 13.2 Å². The summed E-state index contributed by atoms with van der Waals surface area (Å²) in [5.41, 5.74) is 1.97. The van der Waals surface area contributed by atoms with Crippen LogP contribution in [0.2, 0.25) is 0 Å². The molecule has 1 fully saturated rings. The summed E-state index contributed by atoms with van der Waals surface area (Å²) < 4.78 is 8.10. The van der Waals surface area contributed by atoms with Crippen LogP contribution in [0.3, 0.4) is 0 Å². The van der Waals surface area contributed by atoms with Gasteiger partial charge in [-0.3, -0.25) is 9.36 Å². The average molecular weight is 307 g/mol. The maximum Gasteiger partial charge on any atom is 0.271 e. The second kappa shape index (κ2) is 6.25. The zero-order valence-electron chi connectivity index (χ0n) is 12.5. The van der Waals surface area contributed by atoms with Gasteiger partial charge in [0.05, 0.1) is 17.9 Å². The largest absolute Gasteiger partial charge is 0.377 e. The molecule has 0 bridgehead atoms. The van der Waals surface area contributed by atoms with Gasteiger partial charge in [0.2, 0.25) is 0 Å². The van der Waals surface area contributed by atoms with Gasteiger partial charge in [0, 0.05) is 25.7 Å². The van der Waals surface area contributed by atoms with Gasteiger partial charge in [-0.25, -0.2) is 4.98 Å². The topological polar surface area (TPSA) is 56.2 Å². The summed E-state index contributed by atoms with van der Waals surface area (Å²) in [6.45, 7) is 6.38. The second-order valence-corrected chi connectivity index (χ2v) is 6.51. The van der Waals surface area contributed by atoms with Gasteiger partial charge < -0.3 is 10.1 Å². The second-order valence-electron chi connectivity index (χ2n) is 5.63. The van der Waals surface area contributed by atoms with Gasteiger partial charge in [0.15, 0.2) is 0 Å². The molecule has 114 valence electrons. The Labute approximate surface area is 128 Å². The van der Waals surface area contributed by atoms with Crippen LogP contribution in [0.15, 0.2) is 16.5 Å². The Morgan fingerprint density at radius 2 is 2.48 bits per heavy atom. The third-order valence-corrected chi connectivity index (χ3v) is 5.14. The molecule has 6 heteroatoms. The summed E-state index contributed by atoms with van der Waals surface area (Å²) in [5.74, 6) is 0. The van der Waals surface area contributed by atoms with Crippen molar-refractivity contribution in [2.45, 2.75) is 45.4 Å². The van der Waals surface area contributed by atoms with E-state index in [1.807, 2.05) is 12.3 Å². The summed E-state index contributed by atoms with van der Waals surface area (Å²) in [7, 11) is 0. The fraction of sp³-hybridized carbons (Fsp3) is 0.600. The summed E-state index contributed by atoms with van der Waals surface area (Å²) in [4.78, 5) is 16.8. The van der Waals surface area contributed by atoms with Crippen LogP contribution in [-0.4, -0.2) is 34.8 Å². The van der Waals surface area contributed by atoms with E-state index >= 15 is 0 Å². The maximum absolute atomic E-state index is 12.4. The van der Waals surface area contributed by atoms with Gasteiger partial charge in [0.1, 0.15) is 4.70 Å². The van der Waals surface area contributed by atoms with Crippen molar-refractivity contribution in [2.24, 2.45) is 0 Å². The van der Waals surface area contributed by atoms with E-state index in [-0.39, 0.29) is 5.56 Å². The molecule has 2 unspecified atom stereocenters. The molecule has 1 N–H and O–H groups in total. The number of thiophene rings is 1. The van der Waals surface area contributed by atoms with Crippen LogP contribution < -0.4 is 10.9 Å². The summed E-state index contributed by atoms with van der Waals surface area (Å²) in [5, 5.41) is 5.43. The molecule has 1 aliphatic heterocycles. The van der Waals surface area contributed by atoms with Gasteiger partial charge in [-0.05, 0) is 37.6 Å². The normalized spacial score (nSPS) is 20.2. The fourth-order valence-corrected chi connectivity index (χ4v) is 3.71. The van der Waals surface area contributed by atoms with Crippen LogP contribution in [0.5, 0.6) is 0 Å². The van der Waals surface area contributed by atoms with Crippen molar-refractivity contribution in [1.29, 1.82) is 0 Å². The molecule has 0 aliphatic carbocycles. The highest BCUT2D eigenvalue weighted by Gasteiger charge is 2.21. The highest BCUT2D eigenvalue weighted by atomic mass is 32.1. The number of ether oxygens (including phenoxy) is 1. The molecule has 2 atom stereocenters. The van der Waals surface area contributed by atoms with E-state index < -0.39 is 0 Å². The molecule has 0 saturated carbocycles. The van der Waals surface area contributed by atoms with Crippen molar-refractivity contribution < 1.29 is 4.74 Å². The first-order chi connectivity index (χ1) is 10.2. The SMILES string of the molecule is Cc1csc2c(=O)n(CCNC(C)C3CCCO3)cnc12. The van der Waals surface area contributed by atoms with Gasteiger partial charge in [0.25, 0.3) is 5.56 Å². The van der Waals surface area contributed by atoms with E-state index in [1.54, 1.807) is 10.9 Å². The number of nitrogens with one attached hydrogen (secondary N) is 1. The van der Waals surface area contributed by atoms with E-state index in [1.165, 1.54) is 11.3 Å². The summed E-state index contributed by atoms with van der Waals surface area (Å²) >= 11 is 1.48. The lowest BCUT2D eigenvalue weighted by Crippen LogP contribution is -2.39. The Bertz CT molecular complexity index is 673. The Morgan fingerprint density at radius 3 is 3.24 bits per heavy atom. The van der Waals surface area contributed by atoms with E-state index in [0.717, 1.165) is 41.8 Å². The maximum atomic E-state index is 12.4. The Kier molecular flexibility index (Phi) is 4.37. The fourth-order valence-electron chi connectivity index (χ4n) is 2.76. The lowest BCUT2D eigenvalue weighted by Gasteiger charge is -2.20. The molecule has 0 radical (unpaired) electrons. The lowest BCUT2D eigenvalue weighted by atomic mass is 10.1. The van der Waals surface area contributed by atoms with Crippen molar-refractivity contribution >= 4 is 21.6 Å². The molecule has 1 saturated heterocycles. The van der Waals surface area contributed by atoms with Crippen LogP contribution >= 0.6 is 11.3 Å². The zero-order valence-corrected chi connectivity index (χ0v) is 13.3. The molecule has 3 heterocycles. The number of hydrogen-bond donors (Lipinski definition) is 1. The molecule has 1 aliphatic rings. The number of rotatable bonds is 5. The highest BCUT2D eigenvalue weighted by molar-refractivity contribution is 7.17. The van der Waals surface area contributed by atoms with Crippen LogP contribution in [0.25, 0.3) is 10.2 Å². The third kappa shape index (κ3) is 3.02. The minimum atomic E-state index is 0.0599. The smallest absolute Gasteiger partial charge is 0.271 e. The number of fused-ring (bicyclic) bond motifs is 1. The predicted octanol–water partition coefficient (Wildman–Crippen LogP) is 1.92. The Balaban J connectivity index is 1.62. The molecule has 21 heavy (non-hydrogen) atoms. The van der Waals surface area contributed by atoms with Crippen molar-refractivity contribution in [3.05, 3.63) is 27.6 Å². The van der Waals surface area contributed by atoms with Gasteiger partial charge in [-0.2, -0.15) is 0 Å². The molecule has 5 nitrogen and oxygen atoms in total. The standard InChI is InChI=1S/C15H21N3O2S/c1-10-8-21-14-13(10)17-9-18(15(14)19)6-5-16-11(2)12-4-3-7-20-12/h8-9,11-12,16H,3-7H2,1-2H3. The average Bonchev–Trinajstić information content (AvgIpc) is 3.12. The van der Waals surface area contributed by atoms with Crippen LogP contribution in [0.4, 0.5) is 0 Å². The van der Waals surface area contributed by atoms with E-state index in [0.29, 0.717) is 18.7 Å². The zero-order chi connectivity index (χ0) is 14.8. The van der Waals surface area contributed by atoms with E-state index in [4.69, 9.17) is 4.74 Å². The predicted molar refractivity (Wildman–Crippen MR) is 85.1 cm³/mol. The third-order valence-electron chi connectivity index (χ3n) is 4.07. The van der Waals surface area contributed by atoms with Crippen molar-refractivity contribution in [3.63, 3.8) is 0 Å². The van der Waals surface area contributed by atoms with Crippen LogP contribution in [-0.2, 0) is 11.3 Å². The van der Waals surface area contributed by atoms with Gasteiger partial charge in [-0.15, -0.1) is 11.3 Å².